The molecule has 1 fully saturated rings. The summed E-state index contributed by atoms with van der Waals surface area (Å²) in [6, 6.07) is 10.6. The number of amides is 1. The van der Waals surface area contributed by atoms with Gasteiger partial charge in [0.05, 0.1) is 0 Å². The highest BCUT2D eigenvalue weighted by molar-refractivity contribution is 5.92. The molecule has 24 heavy (non-hydrogen) atoms. The first kappa shape index (κ1) is 16.4. The Hall–Kier alpha value is -2.43. The lowest BCUT2D eigenvalue weighted by Crippen LogP contribution is -2.45. The Morgan fingerprint density at radius 1 is 1.29 bits per heavy atom. The fourth-order valence-corrected chi connectivity index (χ4v) is 3.10. The second-order valence-electron chi connectivity index (χ2n) is 6.25. The number of hydrogen-bond donors (Lipinski definition) is 1. The molecule has 1 aliphatic heterocycles. The predicted octanol–water partition coefficient (Wildman–Crippen LogP) is 2.75. The van der Waals surface area contributed by atoms with E-state index < -0.39 is 0 Å². The third-order valence-corrected chi connectivity index (χ3v) is 4.52. The molecular weight excluding hydrogens is 300 g/mol. The number of anilines is 1. The molecule has 1 saturated heterocycles. The molecule has 0 saturated carbocycles. The van der Waals surface area contributed by atoms with Gasteiger partial charge in [-0.05, 0) is 49.9 Å². The lowest BCUT2D eigenvalue weighted by molar-refractivity contribution is 0.0925. The average molecular weight is 324 g/mol. The van der Waals surface area contributed by atoms with E-state index in [0.29, 0.717) is 11.5 Å². The summed E-state index contributed by atoms with van der Waals surface area (Å²) in [7, 11) is 0. The van der Waals surface area contributed by atoms with Crippen LogP contribution in [-0.4, -0.2) is 35.0 Å². The number of aryl methyl sites for hydroxylation is 2. The Morgan fingerprint density at radius 3 is 2.79 bits per heavy atom. The molecule has 2 heterocycles. The van der Waals surface area contributed by atoms with Crippen molar-refractivity contribution < 1.29 is 4.79 Å². The van der Waals surface area contributed by atoms with Gasteiger partial charge < -0.3 is 10.2 Å². The van der Waals surface area contributed by atoms with Gasteiger partial charge >= 0.3 is 0 Å². The number of aromatic nitrogens is 2. The van der Waals surface area contributed by atoms with Crippen molar-refractivity contribution in [3.63, 3.8) is 0 Å². The number of nitrogens with one attached hydrogen (secondary N) is 1. The van der Waals surface area contributed by atoms with Gasteiger partial charge in [-0.3, -0.25) is 4.79 Å². The van der Waals surface area contributed by atoms with E-state index in [1.807, 2.05) is 0 Å². The highest BCUT2D eigenvalue weighted by Gasteiger charge is 2.22. The Labute approximate surface area is 143 Å². The predicted molar refractivity (Wildman–Crippen MR) is 95.3 cm³/mol. The summed E-state index contributed by atoms with van der Waals surface area (Å²) in [5.74, 6) is 0.514. The van der Waals surface area contributed by atoms with Crippen molar-refractivity contribution in [2.45, 2.75) is 39.2 Å². The van der Waals surface area contributed by atoms with Crippen molar-refractivity contribution in [3.05, 3.63) is 53.6 Å². The average Bonchev–Trinajstić information content (AvgIpc) is 2.62. The van der Waals surface area contributed by atoms with Crippen LogP contribution in [0.4, 0.5) is 5.69 Å². The fourth-order valence-electron chi connectivity index (χ4n) is 3.10. The molecule has 1 aromatic carbocycles. The lowest BCUT2D eigenvalue weighted by Gasteiger charge is -2.34. The molecule has 0 radical (unpaired) electrons. The molecule has 5 heteroatoms. The van der Waals surface area contributed by atoms with E-state index in [2.05, 4.69) is 51.4 Å². The summed E-state index contributed by atoms with van der Waals surface area (Å²) >= 11 is 0. The van der Waals surface area contributed by atoms with Crippen molar-refractivity contribution in [3.8, 4) is 0 Å². The Kier molecular flexibility index (Phi) is 5.08. The quantitative estimate of drug-likeness (QED) is 0.939. The lowest BCUT2D eigenvalue weighted by atomic mass is 10.0. The van der Waals surface area contributed by atoms with Crippen molar-refractivity contribution >= 4 is 11.6 Å². The van der Waals surface area contributed by atoms with Gasteiger partial charge in [0.25, 0.3) is 5.91 Å². The van der Waals surface area contributed by atoms with E-state index in [1.165, 1.54) is 11.3 Å². The van der Waals surface area contributed by atoms with Crippen LogP contribution in [-0.2, 0) is 6.42 Å². The topological polar surface area (TPSA) is 58.1 Å². The first-order valence-electron chi connectivity index (χ1n) is 8.60. The van der Waals surface area contributed by atoms with Gasteiger partial charge in [0.2, 0.25) is 0 Å². The highest BCUT2D eigenvalue weighted by Crippen LogP contribution is 2.21. The summed E-state index contributed by atoms with van der Waals surface area (Å²) in [5, 5.41) is 3.10. The van der Waals surface area contributed by atoms with E-state index in [0.717, 1.165) is 32.4 Å². The minimum Gasteiger partial charge on any atom is -0.371 e. The van der Waals surface area contributed by atoms with E-state index in [-0.39, 0.29) is 11.9 Å². The van der Waals surface area contributed by atoms with Gasteiger partial charge in [0.1, 0.15) is 11.5 Å². The summed E-state index contributed by atoms with van der Waals surface area (Å²) in [4.78, 5) is 22.9. The smallest absolute Gasteiger partial charge is 0.270 e. The molecule has 0 spiro atoms. The molecular formula is C19H24N4O. The normalized spacial score (nSPS) is 15.3. The minimum atomic E-state index is -0.105. The second-order valence-corrected chi connectivity index (χ2v) is 6.25. The third-order valence-electron chi connectivity index (χ3n) is 4.52. The monoisotopic (exact) mass is 324 g/mol. The molecule has 1 N–H and O–H groups in total. The number of hydrogen-bond acceptors (Lipinski definition) is 4. The van der Waals surface area contributed by atoms with Crippen molar-refractivity contribution in [1.82, 2.24) is 15.3 Å². The van der Waals surface area contributed by atoms with Crippen LogP contribution in [0.15, 0.2) is 36.5 Å². The first-order valence-corrected chi connectivity index (χ1v) is 8.60. The van der Waals surface area contributed by atoms with Crippen molar-refractivity contribution in [1.29, 1.82) is 0 Å². The third kappa shape index (κ3) is 3.91. The van der Waals surface area contributed by atoms with Crippen LogP contribution in [0, 0.1) is 6.92 Å². The molecule has 2 aromatic rings. The number of carbonyl (C=O) groups excluding carboxylic acids is 1. The molecule has 0 unspecified atom stereocenters. The number of rotatable bonds is 4. The molecule has 0 aliphatic carbocycles. The SMILES string of the molecule is CCc1cccc(N2CCC(NC(=O)c3ccnc(C)n3)CC2)c1. The van der Waals surface area contributed by atoms with Crippen molar-refractivity contribution in [2.75, 3.05) is 18.0 Å². The number of benzene rings is 1. The molecule has 1 aliphatic rings. The number of nitrogens with zero attached hydrogens (tertiary/aromatic N) is 3. The maximum absolute atomic E-state index is 12.3. The second kappa shape index (κ2) is 7.43. The Morgan fingerprint density at radius 2 is 2.08 bits per heavy atom. The molecule has 0 atom stereocenters. The summed E-state index contributed by atoms with van der Waals surface area (Å²) in [6.07, 6.45) is 4.58. The van der Waals surface area contributed by atoms with E-state index in [9.17, 15) is 4.79 Å². The summed E-state index contributed by atoms with van der Waals surface area (Å²) in [6.45, 7) is 5.89. The molecule has 5 nitrogen and oxygen atoms in total. The van der Waals surface area contributed by atoms with Crippen LogP contribution in [0.1, 0.15) is 41.6 Å². The zero-order chi connectivity index (χ0) is 16.9. The molecule has 126 valence electrons. The van der Waals surface area contributed by atoms with Crippen LogP contribution in [0.3, 0.4) is 0 Å². The van der Waals surface area contributed by atoms with Gasteiger partial charge in [0, 0.05) is 31.0 Å². The van der Waals surface area contributed by atoms with Crippen LogP contribution in [0.25, 0.3) is 0 Å². The molecule has 0 bridgehead atoms. The van der Waals surface area contributed by atoms with Crippen LogP contribution in [0.5, 0.6) is 0 Å². The standard InChI is InChI=1S/C19H24N4O/c1-3-15-5-4-6-17(13-15)23-11-8-16(9-12-23)22-19(24)18-7-10-20-14(2)21-18/h4-7,10,13,16H,3,8-9,11-12H2,1-2H3,(H,22,24). The van der Waals surface area contributed by atoms with Gasteiger partial charge in [-0.2, -0.15) is 0 Å². The fraction of sp³-hybridized carbons (Fsp3) is 0.421. The largest absolute Gasteiger partial charge is 0.371 e. The van der Waals surface area contributed by atoms with Crippen LogP contribution in [0.2, 0.25) is 0 Å². The van der Waals surface area contributed by atoms with Gasteiger partial charge in [0.15, 0.2) is 0 Å². The van der Waals surface area contributed by atoms with Crippen LogP contribution >= 0.6 is 0 Å². The zero-order valence-electron chi connectivity index (χ0n) is 14.3. The Bertz CT molecular complexity index is 708. The van der Waals surface area contributed by atoms with E-state index >= 15 is 0 Å². The number of piperidine rings is 1. The maximum atomic E-state index is 12.3. The zero-order valence-corrected chi connectivity index (χ0v) is 14.3. The summed E-state index contributed by atoms with van der Waals surface area (Å²) in [5.41, 5.74) is 3.09. The Balaban J connectivity index is 1.56. The summed E-state index contributed by atoms with van der Waals surface area (Å²) < 4.78 is 0. The van der Waals surface area contributed by atoms with Gasteiger partial charge in [-0.1, -0.05) is 19.1 Å². The molecule has 1 aromatic heterocycles. The van der Waals surface area contributed by atoms with Crippen molar-refractivity contribution in [2.24, 2.45) is 0 Å². The minimum absolute atomic E-state index is 0.105. The maximum Gasteiger partial charge on any atom is 0.270 e. The molecule has 3 rings (SSSR count). The number of carbonyl (C=O) groups is 1. The van der Waals surface area contributed by atoms with Crippen LogP contribution < -0.4 is 10.2 Å². The molecule has 1 amide bonds. The van der Waals surface area contributed by atoms with E-state index in [4.69, 9.17) is 0 Å². The van der Waals surface area contributed by atoms with Gasteiger partial charge in [-0.15, -0.1) is 0 Å². The first-order chi connectivity index (χ1) is 11.7. The highest BCUT2D eigenvalue weighted by atomic mass is 16.1. The van der Waals surface area contributed by atoms with E-state index in [1.54, 1.807) is 19.2 Å². The van der Waals surface area contributed by atoms with Gasteiger partial charge in [-0.25, -0.2) is 9.97 Å².